The van der Waals surface area contributed by atoms with Gasteiger partial charge in [-0.1, -0.05) is 12.1 Å². The standard InChI is InChI=1S/C14H16FN3/c1-14(2,16-3)13-17-9-8-12(18-13)10-6-4-5-7-11(10)15/h4-9,16H,1-3H3. The zero-order valence-electron chi connectivity index (χ0n) is 10.7. The second-order valence-corrected chi connectivity index (χ2v) is 4.62. The first-order valence-electron chi connectivity index (χ1n) is 5.82. The molecule has 0 atom stereocenters. The Balaban J connectivity index is 2.49. The first-order chi connectivity index (χ1) is 8.54. The molecule has 0 aliphatic heterocycles. The van der Waals surface area contributed by atoms with E-state index in [1.807, 2.05) is 20.9 Å². The summed E-state index contributed by atoms with van der Waals surface area (Å²) in [5.41, 5.74) is 0.746. The van der Waals surface area contributed by atoms with E-state index in [1.165, 1.54) is 6.07 Å². The molecule has 94 valence electrons. The molecule has 2 rings (SSSR count). The van der Waals surface area contributed by atoms with Gasteiger partial charge in [-0.25, -0.2) is 14.4 Å². The van der Waals surface area contributed by atoms with E-state index in [4.69, 9.17) is 0 Å². The number of hydrogen-bond donors (Lipinski definition) is 1. The highest BCUT2D eigenvalue weighted by Crippen LogP contribution is 2.22. The SMILES string of the molecule is CNC(C)(C)c1nccc(-c2ccccc2F)n1. The second-order valence-electron chi connectivity index (χ2n) is 4.62. The fraction of sp³-hybridized carbons (Fsp3) is 0.286. The zero-order chi connectivity index (χ0) is 13.2. The van der Waals surface area contributed by atoms with E-state index >= 15 is 0 Å². The lowest BCUT2D eigenvalue weighted by Gasteiger charge is -2.22. The van der Waals surface area contributed by atoms with Crippen LogP contribution in [-0.4, -0.2) is 17.0 Å². The van der Waals surface area contributed by atoms with Crippen LogP contribution in [0.4, 0.5) is 4.39 Å². The smallest absolute Gasteiger partial charge is 0.148 e. The van der Waals surface area contributed by atoms with Crippen LogP contribution < -0.4 is 5.32 Å². The van der Waals surface area contributed by atoms with E-state index in [9.17, 15) is 4.39 Å². The summed E-state index contributed by atoms with van der Waals surface area (Å²) in [5, 5.41) is 3.13. The number of nitrogens with zero attached hydrogens (tertiary/aromatic N) is 2. The molecule has 1 aromatic carbocycles. The number of hydrogen-bond acceptors (Lipinski definition) is 3. The van der Waals surface area contributed by atoms with Gasteiger partial charge in [0.15, 0.2) is 0 Å². The average molecular weight is 245 g/mol. The monoisotopic (exact) mass is 245 g/mol. The summed E-state index contributed by atoms with van der Waals surface area (Å²) < 4.78 is 13.7. The Bertz CT molecular complexity index is 552. The molecule has 0 radical (unpaired) electrons. The minimum absolute atomic E-state index is 0.274. The van der Waals surface area contributed by atoms with E-state index in [-0.39, 0.29) is 11.4 Å². The molecule has 2 aromatic rings. The summed E-state index contributed by atoms with van der Waals surface area (Å²) in [4.78, 5) is 8.67. The maximum absolute atomic E-state index is 13.7. The van der Waals surface area contributed by atoms with E-state index < -0.39 is 0 Å². The average Bonchev–Trinajstić information content (AvgIpc) is 2.39. The highest BCUT2D eigenvalue weighted by molar-refractivity contribution is 5.59. The predicted molar refractivity (Wildman–Crippen MR) is 69.5 cm³/mol. The largest absolute Gasteiger partial charge is 0.308 e. The molecule has 0 saturated carbocycles. The van der Waals surface area contributed by atoms with Gasteiger partial charge in [0, 0.05) is 11.8 Å². The van der Waals surface area contributed by atoms with Gasteiger partial charge in [0.2, 0.25) is 0 Å². The summed E-state index contributed by atoms with van der Waals surface area (Å²) >= 11 is 0. The highest BCUT2D eigenvalue weighted by atomic mass is 19.1. The minimum atomic E-state index is -0.346. The molecule has 0 amide bonds. The van der Waals surface area contributed by atoms with Gasteiger partial charge in [0.1, 0.15) is 11.6 Å². The van der Waals surface area contributed by atoms with Crippen LogP contribution in [0.15, 0.2) is 36.5 Å². The lowest BCUT2D eigenvalue weighted by molar-refractivity contribution is 0.417. The van der Waals surface area contributed by atoms with Gasteiger partial charge in [0.05, 0.1) is 11.2 Å². The molecule has 0 unspecified atom stereocenters. The van der Waals surface area contributed by atoms with Gasteiger partial charge >= 0.3 is 0 Å². The number of rotatable bonds is 3. The van der Waals surface area contributed by atoms with Crippen LogP contribution in [0.3, 0.4) is 0 Å². The summed E-state index contributed by atoms with van der Waals surface area (Å²) in [6, 6.07) is 8.32. The Morgan fingerprint density at radius 3 is 2.56 bits per heavy atom. The molecule has 3 nitrogen and oxygen atoms in total. The Hall–Kier alpha value is -1.81. The van der Waals surface area contributed by atoms with Crippen molar-refractivity contribution >= 4 is 0 Å². The van der Waals surface area contributed by atoms with Crippen LogP contribution in [0.1, 0.15) is 19.7 Å². The van der Waals surface area contributed by atoms with Crippen LogP contribution >= 0.6 is 0 Å². The van der Waals surface area contributed by atoms with Gasteiger partial charge in [-0.15, -0.1) is 0 Å². The number of aromatic nitrogens is 2. The Morgan fingerprint density at radius 2 is 1.89 bits per heavy atom. The van der Waals surface area contributed by atoms with Gasteiger partial charge in [-0.3, -0.25) is 0 Å². The lowest BCUT2D eigenvalue weighted by Crippen LogP contribution is -2.35. The van der Waals surface area contributed by atoms with Crippen molar-refractivity contribution in [1.82, 2.24) is 15.3 Å². The topological polar surface area (TPSA) is 37.8 Å². The quantitative estimate of drug-likeness (QED) is 0.903. The minimum Gasteiger partial charge on any atom is -0.308 e. The van der Waals surface area contributed by atoms with E-state index in [0.717, 1.165) is 0 Å². The first kappa shape index (κ1) is 12.6. The second kappa shape index (κ2) is 4.82. The molecule has 0 aliphatic rings. The summed E-state index contributed by atoms with van der Waals surface area (Å²) in [7, 11) is 1.85. The van der Waals surface area contributed by atoms with Gasteiger partial charge in [0.25, 0.3) is 0 Å². The molecule has 0 fully saturated rings. The van der Waals surface area contributed by atoms with E-state index in [2.05, 4.69) is 15.3 Å². The molecule has 0 bridgehead atoms. The molecule has 4 heteroatoms. The molecule has 1 heterocycles. The van der Waals surface area contributed by atoms with Crippen molar-refractivity contribution in [2.75, 3.05) is 7.05 Å². The van der Waals surface area contributed by atoms with Crippen LogP contribution in [0.25, 0.3) is 11.3 Å². The molecular weight excluding hydrogens is 229 g/mol. The third-order valence-electron chi connectivity index (χ3n) is 2.99. The van der Waals surface area contributed by atoms with Crippen LogP contribution in [0, 0.1) is 5.82 Å². The van der Waals surface area contributed by atoms with Crippen molar-refractivity contribution in [2.45, 2.75) is 19.4 Å². The maximum atomic E-state index is 13.7. The van der Waals surface area contributed by atoms with Gasteiger partial charge < -0.3 is 5.32 Å². The fourth-order valence-corrected chi connectivity index (χ4v) is 1.59. The zero-order valence-corrected chi connectivity index (χ0v) is 10.7. The Labute approximate surface area is 106 Å². The van der Waals surface area contributed by atoms with Crippen molar-refractivity contribution in [3.8, 4) is 11.3 Å². The van der Waals surface area contributed by atoms with Crippen molar-refractivity contribution in [3.63, 3.8) is 0 Å². The number of nitrogens with one attached hydrogen (secondary N) is 1. The number of benzene rings is 1. The normalized spacial score (nSPS) is 11.6. The molecule has 18 heavy (non-hydrogen) atoms. The Morgan fingerprint density at radius 1 is 1.17 bits per heavy atom. The molecule has 0 saturated heterocycles. The van der Waals surface area contributed by atoms with Crippen molar-refractivity contribution in [3.05, 3.63) is 48.2 Å². The summed E-state index contributed by atoms with van der Waals surface area (Å²) in [6.07, 6.45) is 1.66. The van der Waals surface area contributed by atoms with Crippen molar-refractivity contribution < 1.29 is 4.39 Å². The van der Waals surface area contributed by atoms with Crippen LogP contribution in [0.5, 0.6) is 0 Å². The lowest BCUT2D eigenvalue weighted by atomic mass is 10.0. The molecule has 1 N–H and O–H groups in total. The van der Waals surface area contributed by atoms with Crippen molar-refractivity contribution in [1.29, 1.82) is 0 Å². The highest BCUT2D eigenvalue weighted by Gasteiger charge is 2.21. The van der Waals surface area contributed by atoms with Crippen LogP contribution in [0.2, 0.25) is 0 Å². The summed E-state index contributed by atoms with van der Waals surface area (Å²) in [6.45, 7) is 3.96. The van der Waals surface area contributed by atoms with Crippen LogP contribution in [-0.2, 0) is 5.54 Å². The molecular formula is C14H16FN3. The number of halogens is 1. The molecule has 1 aromatic heterocycles. The van der Waals surface area contributed by atoms with Crippen molar-refractivity contribution in [2.24, 2.45) is 0 Å². The third-order valence-corrected chi connectivity index (χ3v) is 2.99. The van der Waals surface area contributed by atoms with Gasteiger partial charge in [-0.05, 0) is 39.1 Å². The molecule has 0 spiro atoms. The maximum Gasteiger partial charge on any atom is 0.148 e. The van der Waals surface area contributed by atoms with Gasteiger partial charge in [-0.2, -0.15) is 0 Å². The molecule has 0 aliphatic carbocycles. The van der Waals surface area contributed by atoms with E-state index in [0.29, 0.717) is 17.1 Å². The van der Waals surface area contributed by atoms with E-state index in [1.54, 1.807) is 30.5 Å². The first-order valence-corrected chi connectivity index (χ1v) is 5.82. The Kier molecular flexibility index (Phi) is 3.39. The summed E-state index contributed by atoms with van der Waals surface area (Å²) in [5.74, 6) is 0.371. The predicted octanol–water partition coefficient (Wildman–Crippen LogP) is 2.74. The fourth-order valence-electron chi connectivity index (χ4n) is 1.59. The third kappa shape index (κ3) is 2.38.